The fourth-order valence-electron chi connectivity index (χ4n) is 1.06. The number of pyridine rings is 1. The van der Waals surface area contributed by atoms with Crippen LogP contribution in [0.25, 0.3) is 0 Å². The molecule has 0 saturated carbocycles. The third kappa shape index (κ3) is 4.49. The van der Waals surface area contributed by atoms with Crippen molar-refractivity contribution < 1.29 is 4.79 Å². The van der Waals surface area contributed by atoms with Crippen LogP contribution in [-0.4, -0.2) is 22.5 Å². The van der Waals surface area contributed by atoms with E-state index in [1.165, 1.54) is 0 Å². The lowest BCUT2D eigenvalue weighted by molar-refractivity contribution is 0.100. The van der Waals surface area contributed by atoms with E-state index in [4.69, 9.17) is 0 Å². The molecular formula is C12H16N2O. The number of ketones is 1. The molecule has 0 aliphatic carbocycles. The molecule has 0 bridgehead atoms. The van der Waals surface area contributed by atoms with Crippen LogP contribution in [0.1, 0.15) is 37.6 Å². The van der Waals surface area contributed by atoms with Crippen molar-refractivity contribution in [2.75, 3.05) is 0 Å². The number of nitrogens with zero attached hydrogens (tertiary/aromatic N) is 2. The van der Waals surface area contributed by atoms with E-state index in [2.05, 4.69) is 9.98 Å². The maximum atomic E-state index is 11.6. The summed E-state index contributed by atoms with van der Waals surface area (Å²) >= 11 is 0. The van der Waals surface area contributed by atoms with Gasteiger partial charge in [0.2, 0.25) is 0 Å². The highest BCUT2D eigenvalue weighted by molar-refractivity contribution is 6.03. The molecule has 0 amide bonds. The minimum Gasteiger partial charge on any atom is -0.294 e. The Hall–Kier alpha value is -1.51. The molecule has 0 aliphatic heterocycles. The van der Waals surface area contributed by atoms with Gasteiger partial charge in [-0.05, 0) is 32.9 Å². The lowest BCUT2D eigenvalue weighted by atomic mass is 10.1. The van der Waals surface area contributed by atoms with E-state index in [1.807, 2.05) is 20.8 Å². The number of aromatic nitrogens is 1. The Morgan fingerprint density at radius 1 is 1.40 bits per heavy atom. The van der Waals surface area contributed by atoms with Crippen molar-refractivity contribution in [1.82, 2.24) is 4.98 Å². The van der Waals surface area contributed by atoms with Gasteiger partial charge < -0.3 is 0 Å². The van der Waals surface area contributed by atoms with Gasteiger partial charge in [-0.3, -0.25) is 14.8 Å². The lowest BCUT2D eigenvalue weighted by Gasteiger charge is -2.10. The summed E-state index contributed by atoms with van der Waals surface area (Å²) in [7, 11) is 0. The monoisotopic (exact) mass is 204 g/mol. The summed E-state index contributed by atoms with van der Waals surface area (Å²) in [6.07, 6.45) is 5.27. The number of hydrogen-bond donors (Lipinski definition) is 0. The molecule has 0 spiro atoms. The van der Waals surface area contributed by atoms with E-state index in [9.17, 15) is 4.79 Å². The van der Waals surface area contributed by atoms with Crippen molar-refractivity contribution in [1.29, 1.82) is 0 Å². The van der Waals surface area contributed by atoms with E-state index in [-0.39, 0.29) is 11.3 Å². The molecular weight excluding hydrogens is 188 g/mol. The standard InChI is InChI=1S/C12H16N2O/c1-12(2,3)14-9-6-11(15)10-4-7-13-8-5-10/h4-5,7-9H,6H2,1-3H3. The Morgan fingerprint density at radius 3 is 2.53 bits per heavy atom. The highest BCUT2D eigenvalue weighted by atomic mass is 16.1. The van der Waals surface area contributed by atoms with Gasteiger partial charge in [0.1, 0.15) is 0 Å². The Kier molecular flexibility index (Phi) is 3.72. The molecule has 80 valence electrons. The number of Topliss-reactive ketones (excluding diaryl/α,β-unsaturated/α-hetero) is 1. The summed E-state index contributed by atoms with van der Waals surface area (Å²) < 4.78 is 0. The van der Waals surface area contributed by atoms with Crippen LogP contribution in [0.15, 0.2) is 29.5 Å². The Bertz CT molecular complexity index is 350. The average Bonchev–Trinajstić information content (AvgIpc) is 2.17. The molecule has 0 fully saturated rings. The van der Waals surface area contributed by atoms with Crippen molar-refractivity contribution in [3.8, 4) is 0 Å². The summed E-state index contributed by atoms with van der Waals surface area (Å²) in [6, 6.07) is 3.43. The predicted molar refractivity (Wildman–Crippen MR) is 61.4 cm³/mol. The second-order valence-corrected chi connectivity index (χ2v) is 4.35. The number of rotatable bonds is 3. The normalized spacial score (nSPS) is 11.9. The van der Waals surface area contributed by atoms with Crippen LogP contribution >= 0.6 is 0 Å². The maximum Gasteiger partial charge on any atom is 0.168 e. The molecule has 1 aromatic rings. The van der Waals surface area contributed by atoms with Gasteiger partial charge in [0, 0.05) is 30.6 Å². The maximum absolute atomic E-state index is 11.6. The summed E-state index contributed by atoms with van der Waals surface area (Å²) in [5.41, 5.74) is 0.573. The van der Waals surface area contributed by atoms with E-state index >= 15 is 0 Å². The summed E-state index contributed by atoms with van der Waals surface area (Å²) in [5, 5.41) is 0. The third-order valence-corrected chi connectivity index (χ3v) is 1.76. The zero-order valence-corrected chi connectivity index (χ0v) is 9.40. The second-order valence-electron chi connectivity index (χ2n) is 4.35. The van der Waals surface area contributed by atoms with Crippen LogP contribution < -0.4 is 0 Å². The molecule has 0 aliphatic rings. The van der Waals surface area contributed by atoms with Crippen molar-refractivity contribution in [3.63, 3.8) is 0 Å². The zero-order valence-electron chi connectivity index (χ0n) is 9.40. The molecule has 3 nitrogen and oxygen atoms in total. The van der Waals surface area contributed by atoms with Gasteiger partial charge in [0.25, 0.3) is 0 Å². The first kappa shape index (κ1) is 11.6. The molecule has 0 saturated heterocycles. The summed E-state index contributed by atoms with van der Waals surface area (Å²) in [6.45, 7) is 6.00. The number of carbonyl (C=O) groups is 1. The number of hydrogen-bond acceptors (Lipinski definition) is 3. The van der Waals surface area contributed by atoms with Crippen LogP contribution in [-0.2, 0) is 0 Å². The Morgan fingerprint density at radius 2 is 2.00 bits per heavy atom. The lowest BCUT2D eigenvalue weighted by Crippen LogP contribution is -2.10. The first-order valence-corrected chi connectivity index (χ1v) is 4.96. The van der Waals surface area contributed by atoms with Gasteiger partial charge in [-0.2, -0.15) is 0 Å². The molecule has 1 aromatic heterocycles. The molecule has 1 rings (SSSR count). The second kappa shape index (κ2) is 4.82. The smallest absolute Gasteiger partial charge is 0.168 e. The van der Waals surface area contributed by atoms with Crippen LogP contribution in [0.2, 0.25) is 0 Å². The van der Waals surface area contributed by atoms with Crippen molar-refractivity contribution >= 4 is 12.0 Å². The van der Waals surface area contributed by atoms with Gasteiger partial charge in [-0.1, -0.05) is 0 Å². The van der Waals surface area contributed by atoms with Crippen LogP contribution in [0, 0.1) is 0 Å². The van der Waals surface area contributed by atoms with Gasteiger partial charge in [-0.25, -0.2) is 0 Å². The van der Waals surface area contributed by atoms with E-state index < -0.39 is 0 Å². The van der Waals surface area contributed by atoms with Gasteiger partial charge in [0.05, 0.1) is 5.54 Å². The average molecular weight is 204 g/mol. The molecule has 0 radical (unpaired) electrons. The quantitative estimate of drug-likeness (QED) is 0.561. The summed E-state index contributed by atoms with van der Waals surface area (Å²) in [5.74, 6) is 0.0744. The Balaban J connectivity index is 2.55. The minimum atomic E-state index is -0.113. The van der Waals surface area contributed by atoms with E-state index in [0.717, 1.165) is 0 Å². The highest BCUT2D eigenvalue weighted by Crippen LogP contribution is 2.06. The molecule has 0 N–H and O–H groups in total. The molecule has 1 heterocycles. The minimum absolute atomic E-state index is 0.0744. The topological polar surface area (TPSA) is 42.3 Å². The van der Waals surface area contributed by atoms with E-state index in [0.29, 0.717) is 12.0 Å². The van der Waals surface area contributed by atoms with Crippen molar-refractivity contribution in [3.05, 3.63) is 30.1 Å². The van der Waals surface area contributed by atoms with Gasteiger partial charge in [-0.15, -0.1) is 0 Å². The Labute approximate surface area is 90.3 Å². The first-order chi connectivity index (χ1) is 6.99. The predicted octanol–water partition coefficient (Wildman–Crippen LogP) is 2.52. The van der Waals surface area contributed by atoms with Crippen molar-refractivity contribution in [2.24, 2.45) is 4.99 Å². The zero-order chi connectivity index (χ0) is 11.3. The fourth-order valence-corrected chi connectivity index (χ4v) is 1.06. The molecule has 0 atom stereocenters. The van der Waals surface area contributed by atoms with Gasteiger partial charge in [0.15, 0.2) is 5.78 Å². The van der Waals surface area contributed by atoms with E-state index in [1.54, 1.807) is 30.7 Å². The van der Waals surface area contributed by atoms with Gasteiger partial charge >= 0.3 is 0 Å². The van der Waals surface area contributed by atoms with Crippen LogP contribution in [0.4, 0.5) is 0 Å². The first-order valence-electron chi connectivity index (χ1n) is 4.96. The number of carbonyl (C=O) groups excluding carboxylic acids is 1. The largest absolute Gasteiger partial charge is 0.294 e. The fraction of sp³-hybridized carbons (Fsp3) is 0.417. The van der Waals surface area contributed by atoms with Crippen molar-refractivity contribution in [2.45, 2.75) is 32.7 Å². The highest BCUT2D eigenvalue weighted by Gasteiger charge is 2.06. The SMILES string of the molecule is CC(C)(C)N=CCC(=O)c1ccncc1. The summed E-state index contributed by atoms with van der Waals surface area (Å²) in [4.78, 5) is 19.7. The van der Waals surface area contributed by atoms with Crippen LogP contribution in [0.3, 0.4) is 0 Å². The molecule has 0 unspecified atom stereocenters. The number of aliphatic imine (C=N–C) groups is 1. The molecule has 0 aromatic carbocycles. The molecule has 3 heteroatoms. The molecule has 15 heavy (non-hydrogen) atoms. The van der Waals surface area contributed by atoms with Crippen LogP contribution in [0.5, 0.6) is 0 Å². The third-order valence-electron chi connectivity index (χ3n) is 1.76.